The van der Waals surface area contributed by atoms with Crippen LogP contribution in [0.3, 0.4) is 0 Å². The van der Waals surface area contributed by atoms with E-state index in [1.54, 1.807) is 12.0 Å². The van der Waals surface area contributed by atoms with Crippen molar-refractivity contribution < 1.29 is 14.3 Å². The Bertz CT molecular complexity index is 609. The number of ether oxygens (including phenoxy) is 2. The summed E-state index contributed by atoms with van der Waals surface area (Å²) in [6, 6.07) is 7.51. The quantitative estimate of drug-likeness (QED) is 0.439. The van der Waals surface area contributed by atoms with Gasteiger partial charge in [-0.25, -0.2) is 4.79 Å². The van der Waals surface area contributed by atoms with Gasteiger partial charge in [0, 0.05) is 30.9 Å². The molecule has 0 atom stereocenters. The summed E-state index contributed by atoms with van der Waals surface area (Å²) in [5.41, 5.74) is 6.21. The van der Waals surface area contributed by atoms with E-state index >= 15 is 0 Å². The number of benzene rings is 1. The second-order valence-electron chi connectivity index (χ2n) is 7.24. The summed E-state index contributed by atoms with van der Waals surface area (Å²) in [7, 11) is 1.61. The number of carbonyl (C=O) groups is 1. The molecule has 7 heteroatoms. The van der Waals surface area contributed by atoms with E-state index in [1.165, 1.54) is 0 Å². The van der Waals surface area contributed by atoms with Gasteiger partial charge >= 0.3 is 6.09 Å². The second-order valence-corrected chi connectivity index (χ2v) is 7.24. The van der Waals surface area contributed by atoms with Gasteiger partial charge in [-0.05, 0) is 53.2 Å². The maximum Gasteiger partial charge on any atom is 0.410 e. The van der Waals surface area contributed by atoms with Crippen molar-refractivity contribution in [3.05, 3.63) is 24.3 Å². The molecule has 0 aliphatic heterocycles. The third-order valence-corrected chi connectivity index (χ3v) is 3.43. The Hall–Kier alpha value is -2.44. The van der Waals surface area contributed by atoms with Crippen LogP contribution in [0.4, 0.5) is 10.5 Å². The van der Waals surface area contributed by atoms with Crippen molar-refractivity contribution >= 4 is 17.7 Å². The highest BCUT2D eigenvalue weighted by Gasteiger charge is 2.23. The third kappa shape index (κ3) is 8.09. The average molecular weight is 364 g/mol. The van der Waals surface area contributed by atoms with Crippen molar-refractivity contribution in [1.29, 1.82) is 0 Å². The molecule has 1 aromatic carbocycles. The van der Waals surface area contributed by atoms with Gasteiger partial charge in [-0.15, -0.1) is 0 Å². The van der Waals surface area contributed by atoms with Crippen molar-refractivity contribution in [1.82, 2.24) is 4.90 Å². The molecule has 7 nitrogen and oxygen atoms in total. The summed E-state index contributed by atoms with van der Waals surface area (Å²) in [4.78, 5) is 18.3. The van der Waals surface area contributed by atoms with Crippen molar-refractivity contribution in [2.75, 3.05) is 25.5 Å². The summed E-state index contributed by atoms with van der Waals surface area (Å²) >= 11 is 0. The van der Waals surface area contributed by atoms with Gasteiger partial charge in [0.25, 0.3) is 0 Å². The molecule has 0 saturated heterocycles. The number of methoxy groups -OCH3 is 1. The van der Waals surface area contributed by atoms with Crippen LogP contribution >= 0.6 is 0 Å². The first-order valence-corrected chi connectivity index (χ1v) is 8.83. The normalized spacial score (nSPS) is 12.0. The minimum atomic E-state index is -0.506. The molecule has 0 bridgehead atoms. The largest absolute Gasteiger partial charge is 0.497 e. The second kappa shape index (κ2) is 9.89. The Kier molecular flexibility index (Phi) is 8.22. The Labute approximate surface area is 156 Å². The van der Waals surface area contributed by atoms with Crippen LogP contribution in [-0.4, -0.2) is 48.8 Å². The molecule has 0 saturated carbocycles. The Morgan fingerprint density at radius 3 is 2.62 bits per heavy atom. The minimum Gasteiger partial charge on any atom is -0.497 e. The monoisotopic (exact) mass is 364 g/mol. The van der Waals surface area contributed by atoms with E-state index in [-0.39, 0.29) is 12.1 Å². The summed E-state index contributed by atoms with van der Waals surface area (Å²) in [6.45, 7) is 10.6. The van der Waals surface area contributed by atoms with Gasteiger partial charge in [0.2, 0.25) is 0 Å². The minimum absolute atomic E-state index is 0.0566. The topological polar surface area (TPSA) is 89.2 Å². The van der Waals surface area contributed by atoms with Crippen molar-refractivity contribution in [3.8, 4) is 5.75 Å². The van der Waals surface area contributed by atoms with Crippen LogP contribution in [0.5, 0.6) is 5.75 Å². The van der Waals surface area contributed by atoms with Crippen molar-refractivity contribution in [2.24, 2.45) is 10.7 Å². The SMILES string of the molecule is COc1cccc(NC(N)=NCCCN(C(=O)OC(C)(C)C)C(C)C)c1. The van der Waals surface area contributed by atoms with Crippen LogP contribution in [0, 0.1) is 0 Å². The van der Waals surface area contributed by atoms with Gasteiger partial charge in [-0.2, -0.15) is 0 Å². The van der Waals surface area contributed by atoms with Gasteiger partial charge < -0.3 is 25.4 Å². The molecule has 3 N–H and O–H groups in total. The van der Waals surface area contributed by atoms with Crippen LogP contribution in [-0.2, 0) is 4.74 Å². The molecule has 0 radical (unpaired) electrons. The lowest BCUT2D eigenvalue weighted by Crippen LogP contribution is -2.41. The zero-order chi connectivity index (χ0) is 19.7. The summed E-state index contributed by atoms with van der Waals surface area (Å²) in [6.07, 6.45) is 0.386. The maximum absolute atomic E-state index is 12.2. The van der Waals surface area contributed by atoms with E-state index in [2.05, 4.69) is 10.3 Å². The molecule has 1 rings (SSSR count). The fraction of sp³-hybridized carbons (Fsp3) is 0.579. The zero-order valence-electron chi connectivity index (χ0n) is 16.7. The molecule has 0 aromatic heterocycles. The molecular formula is C19H32N4O3. The zero-order valence-corrected chi connectivity index (χ0v) is 16.7. The summed E-state index contributed by atoms with van der Waals surface area (Å²) < 4.78 is 10.6. The first-order valence-electron chi connectivity index (χ1n) is 8.83. The maximum atomic E-state index is 12.2. The molecule has 1 aromatic rings. The highest BCUT2D eigenvalue weighted by molar-refractivity contribution is 5.92. The number of nitrogens with two attached hydrogens (primary N) is 1. The number of nitrogens with zero attached hydrogens (tertiary/aromatic N) is 2. The molecule has 1 amide bonds. The van der Waals surface area contributed by atoms with Gasteiger partial charge in [-0.3, -0.25) is 4.99 Å². The van der Waals surface area contributed by atoms with Crippen LogP contribution in [0.1, 0.15) is 41.0 Å². The molecule has 0 heterocycles. The van der Waals surface area contributed by atoms with Crippen LogP contribution in [0.25, 0.3) is 0 Å². The number of nitrogens with one attached hydrogen (secondary N) is 1. The highest BCUT2D eigenvalue weighted by atomic mass is 16.6. The number of carbonyl (C=O) groups excluding carboxylic acids is 1. The Morgan fingerprint density at radius 2 is 2.04 bits per heavy atom. The van der Waals surface area contributed by atoms with E-state index in [1.807, 2.05) is 58.9 Å². The smallest absolute Gasteiger partial charge is 0.410 e. The summed E-state index contributed by atoms with van der Waals surface area (Å²) in [5, 5.41) is 3.02. The summed E-state index contributed by atoms with van der Waals surface area (Å²) in [5.74, 6) is 1.07. The van der Waals surface area contributed by atoms with E-state index < -0.39 is 5.60 Å². The predicted molar refractivity (Wildman–Crippen MR) is 106 cm³/mol. The van der Waals surface area contributed by atoms with Crippen LogP contribution in [0.2, 0.25) is 0 Å². The fourth-order valence-electron chi connectivity index (χ4n) is 2.21. The van der Waals surface area contributed by atoms with Gasteiger partial charge in [0.15, 0.2) is 5.96 Å². The number of hydrogen-bond acceptors (Lipinski definition) is 4. The first-order chi connectivity index (χ1) is 12.1. The van der Waals surface area contributed by atoms with E-state index in [4.69, 9.17) is 15.2 Å². The molecule has 146 valence electrons. The van der Waals surface area contributed by atoms with Gasteiger partial charge in [0.1, 0.15) is 11.4 Å². The third-order valence-electron chi connectivity index (χ3n) is 3.43. The number of rotatable bonds is 7. The fourth-order valence-corrected chi connectivity index (χ4v) is 2.21. The predicted octanol–water partition coefficient (Wildman–Crippen LogP) is 3.46. The molecule has 26 heavy (non-hydrogen) atoms. The van der Waals surface area contributed by atoms with Gasteiger partial charge in [0.05, 0.1) is 7.11 Å². The average Bonchev–Trinajstić information content (AvgIpc) is 2.52. The lowest BCUT2D eigenvalue weighted by atomic mass is 10.2. The van der Waals surface area contributed by atoms with Gasteiger partial charge in [-0.1, -0.05) is 6.07 Å². The number of hydrogen-bond donors (Lipinski definition) is 2. The highest BCUT2D eigenvalue weighted by Crippen LogP contribution is 2.16. The number of aliphatic imine (C=N–C) groups is 1. The van der Waals surface area contributed by atoms with E-state index in [0.717, 1.165) is 11.4 Å². The number of amides is 1. The lowest BCUT2D eigenvalue weighted by Gasteiger charge is -2.30. The van der Waals surface area contributed by atoms with Crippen molar-refractivity contribution in [2.45, 2.75) is 52.7 Å². The Morgan fingerprint density at radius 1 is 1.35 bits per heavy atom. The lowest BCUT2D eigenvalue weighted by molar-refractivity contribution is 0.0190. The standard InChI is InChI=1S/C19H32N4O3/c1-14(2)23(18(24)26-19(3,4)5)12-8-11-21-17(20)22-15-9-7-10-16(13-15)25-6/h7,9-10,13-14H,8,11-12H2,1-6H3,(H3,20,21,22). The molecular weight excluding hydrogens is 332 g/mol. The Balaban J connectivity index is 2.50. The van der Waals surface area contributed by atoms with Crippen LogP contribution < -0.4 is 15.8 Å². The molecule has 0 unspecified atom stereocenters. The molecule has 0 fully saturated rings. The van der Waals surface area contributed by atoms with Crippen LogP contribution in [0.15, 0.2) is 29.3 Å². The van der Waals surface area contributed by atoms with E-state index in [0.29, 0.717) is 25.5 Å². The molecule has 0 aliphatic rings. The van der Waals surface area contributed by atoms with Crippen molar-refractivity contribution in [3.63, 3.8) is 0 Å². The molecule has 0 spiro atoms. The number of guanidine groups is 1. The first kappa shape index (κ1) is 21.6. The molecule has 0 aliphatic carbocycles. The number of anilines is 1. The van der Waals surface area contributed by atoms with E-state index in [9.17, 15) is 4.79 Å².